The minimum absolute atomic E-state index is 0.0296. The van der Waals surface area contributed by atoms with E-state index >= 15 is 0 Å². The zero-order chi connectivity index (χ0) is 16.4. The summed E-state index contributed by atoms with van der Waals surface area (Å²) in [6.07, 6.45) is 1.78. The number of hydrogen-bond donors (Lipinski definition) is 1. The summed E-state index contributed by atoms with van der Waals surface area (Å²) in [5.41, 5.74) is 0. The lowest BCUT2D eigenvalue weighted by Crippen LogP contribution is -2.60. The first-order valence-corrected chi connectivity index (χ1v) is 8.85. The lowest BCUT2D eigenvalue weighted by molar-refractivity contribution is -0.136. The molecule has 0 aliphatic carbocycles. The molecule has 0 radical (unpaired) electrons. The van der Waals surface area contributed by atoms with Gasteiger partial charge in [0.05, 0.1) is 4.75 Å². The van der Waals surface area contributed by atoms with Crippen LogP contribution < -0.4 is 10.2 Å². The van der Waals surface area contributed by atoms with Crippen LogP contribution in [0.25, 0.3) is 0 Å². The van der Waals surface area contributed by atoms with Gasteiger partial charge in [-0.1, -0.05) is 6.07 Å². The van der Waals surface area contributed by atoms with Crippen LogP contribution in [0, 0.1) is 0 Å². The van der Waals surface area contributed by atoms with Crippen LogP contribution in [-0.4, -0.2) is 64.4 Å². The molecule has 2 saturated heterocycles. The number of nitrogens with zero attached hydrogens (tertiary/aromatic N) is 3. The van der Waals surface area contributed by atoms with Crippen LogP contribution in [0.1, 0.15) is 13.8 Å². The van der Waals surface area contributed by atoms with E-state index in [9.17, 15) is 9.59 Å². The minimum atomic E-state index is -0.450. The molecular weight excluding hydrogens is 312 g/mol. The van der Waals surface area contributed by atoms with Gasteiger partial charge in [0.2, 0.25) is 11.8 Å². The third kappa shape index (κ3) is 3.44. The fourth-order valence-corrected chi connectivity index (χ4v) is 3.78. The van der Waals surface area contributed by atoms with Crippen molar-refractivity contribution in [1.82, 2.24) is 15.2 Å². The van der Waals surface area contributed by atoms with E-state index < -0.39 is 10.8 Å². The predicted octanol–water partition coefficient (Wildman–Crippen LogP) is 0.740. The predicted molar refractivity (Wildman–Crippen MR) is 91.5 cm³/mol. The largest absolute Gasteiger partial charge is 0.353 e. The molecule has 124 valence electrons. The standard InChI is InChI=1S/C16H22N4O2S/c1-16(2)15(22)18-12(11-23-16)14(21)20-9-7-19(8-10-20)13-5-3-4-6-17-13/h3-6,12H,7-11H2,1-2H3,(H,18,22)/t12-/m0/s1. The summed E-state index contributed by atoms with van der Waals surface area (Å²) in [5.74, 6) is 1.56. The van der Waals surface area contributed by atoms with Crippen LogP contribution >= 0.6 is 11.8 Å². The molecule has 7 heteroatoms. The number of carbonyl (C=O) groups is 2. The van der Waals surface area contributed by atoms with E-state index in [-0.39, 0.29) is 11.8 Å². The summed E-state index contributed by atoms with van der Waals surface area (Å²) in [5, 5.41) is 2.87. The van der Waals surface area contributed by atoms with Crippen molar-refractivity contribution in [3.8, 4) is 0 Å². The van der Waals surface area contributed by atoms with Gasteiger partial charge < -0.3 is 15.1 Å². The molecule has 1 aromatic rings. The Morgan fingerprint density at radius 1 is 1.30 bits per heavy atom. The van der Waals surface area contributed by atoms with Gasteiger partial charge >= 0.3 is 0 Å². The molecular formula is C16H22N4O2S. The number of rotatable bonds is 2. The fraction of sp³-hybridized carbons (Fsp3) is 0.562. The Bertz CT molecular complexity index is 585. The Balaban J connectivity index is 1.56. The Labute approximate surface area is 140 Å². The smallest absolute Gasteiger partial charge is 0.246 e. The maximum Gasteiger partial charge on any atom is 0.246 e. The molecule has 1 N–H and O–H groups in total. The summed E-state index contributed by atoms with van der Waals surface area (Å²) in [6.45, 7) is 6.63. The topological polar surface area (TPSA) is 65.5 Å². The van der Waals surface area contributed by atoms with E-state index in [0.29, 0.717) is 18.8 Å². The molecule has 2 aliphatic heterocycles. The number of thioether (sulfide) groups is 1. The van der Waals surface area contributed by atoms with E-state index in [0.717, 1.165) is 18.9 Å². The Hall–Kier alpha value is -1.76. The molecule has 1 atom stereocenters. The lowest BCUT2D eigenvalue weighted by Gasteiger charge is -2.39. The third-order valence-corrected chi connectivity index (χ3v) is 5.73. The molecule has 0 spiro atoms. The maximum absolute atomic E-state index is 12.6. The monoisotopic (exact) mass is 334 g/mol. The first-order chi connectivity index (χ1) is 11.0. The highest BCUT2D eigenvalue weighted by atomic mass is 32.2. The van der Waals surface area contributed by atoms with Crippen molar-refractivity contribution in [1.29, 1.82) is 0 Å². The van der Waals surface area contributed by atoms with Gasteiger partial charge in [-0.2, -0.15) is 0 Å². The average Bonchev–Trinajstić information content (AvgIpc) is 2.58. The van der Waals surface area contributed by atoms with Crippen molar-refractivity contribution in [2.24, 2.45) is 0 Å². The van der Waals surface area contributed by atoms with Crippen molar-refractivity contribution in [3.63, 3.8) is 0 Å². The zero-order valence-electron chi connectivity index (χ0n) is 13.5. The Kier molecular flexibility index (Phi) is 4.48. The summed E-state index contributed by atoms with van der Waals surface area (Å²) in [4.78, 5) is 33.0. The van der Waals surface area contributed by atoms with Gasteiger partial charge in [-0.3, -0.25) is 9.59 Å². The van der Waals surface area contributed by atoms with Crippen LogP contribution in [0.4, 0.5) is 5.82 Å². The van der Waals surface area contributed by atoms with E-state index in [2.05, 4.69) is 15.2 Å². The van der Waals surface area contributed by atoms with E-state index in [1.54, 1.807) is 18.0 Å². The molecule has 23 heavy (non-hydrogen) atoms. The fourth-order valence-electron chi connectivity index (χ4n) is 2.78. The SMILES string of the molecule is CC1(C)SC[C@@H](C(=O)N2CCN(c3ccccn3)CC2)NC1=O. The number of amides is 2. The molecule has 2 fully saturated rings. The molecule has 2 aliphatic rings. The van der Waals surface area contributed by atoms with Crippen molar-refractivity contribution in [2.45, 2.75) is 24.6 Å². The van der Waals surface area contributed by atoms with E-state index in [4.69, 9.17) is 0 Å². The average molecular weight is 334 g/mol. The van der Waals surface area contributed by atoms with Crippen LogP contribution in [0.3, 0.4) is 0 Å². The second kappa shape index (κ2) is 6.39. The van der Waals surface area contributed by atoms with Crippen LogP contribution in [0.15, 0.2) is 24.4 Å². The Morgan fingerprint density at radius 2 is 2.04 bits per heavy atom. The van der Waals surface area contributed by atoms with Crippen molar-refractivity contribution >= 4 is 29.4 Å². The number of piperazine rings is 1. The third-order valence-electron chi connectivity index (χ3n) is 4.33. The molecule has 0 aromatic carbocycles. The van der Waals surface area contributed by atoms with Crippen molar-refractivity contribution in [2.75, 3.05) is 36.8 Å². The van der Waals surface area contributed by atoms with Gasteiger partial charge in [0.25, 0.3) is 0 Å². The highest BCUT2D eigenvalue weighted by Gasteiger charge is 2.39. The highest BCUT2D eigenvalue weighted by molar-refractivity contribution is 8.01. The van der Waals surface area contributed by atoms with Gasteiger partial charge in [-0.25, -0.2) is 4.98 Å². The second-order valence-corrected chi connectivity index (χ2v) is 7.99. The van der Waals surface area contributed by atoms with E-state index in [1.807, 2.05) is 36.9 Å². The number of hydrogen-bond acceptors (Lipinski definition) is 5. The molecule has 0 bridgehead atoms. The maximum atomic E-state index is 12.6. The minimum Gasteiger partial charge on any atom is -0.353 e. The quantitative estimate of drug-likeness (QED) is 0.864. The molecule has 0 saturated carbocycles. The van der Waals surface area contributed by atoms with E-state index in [1.165, 1.54) is 0 Å². The van der Waals surface area contributed by atoms with Crippen LogP contribution in [-0.2, 0) is 9.59 Å². The molecule has 2 amide bonds. The van der Waals surface area contributed by atoms with Gasteiger partial charge in [-0.05, 0) is 26.0 Å². The first-order valence-electron chi connectivity index (χ1n) is 7.87. The molecule has 6 nitrogen and oxygen atoms in total. The van der Waals surface area contributed by atoms with Crippen LogP contribution in [0.5, 0.6) is 0 Å². The second-order valence-electron chi connectivity index (χ2n) is 6.35. The number of nitrogens with one attached hydrogen (secondary N) is 1. The molecule has 3 rings (SSSR count). The van der Waals surface area contributed by atoms with Gasteiger partial charge in [-0.15, -0.1) is 11.8 Å². The number of pyridine rings is 1. The van der Waals surface area contributed by atoms with Gasteiger partial charge in [0.15, 0.2) is 0 Å². The zero-order valence-corrected chi connectivity index (χ0v) is 14.3. The molecule has 3 heterocycles. The summed E-state index contributed by atoms with van der Waals surface area (Å²) in [6, 6.07) is 5.45. The highest BCUT2D eigenvalue weighted by Crippen LogP contribution is 2.29. The summed E-state index contributed by atoms with van der Waals surface area (Å²) in [7, 11) is 0. The normalized spacial score (nSPS) is 24.3. The number of aromatic nitrogens is 1. The first kappa shape index (κ1) is 16.1. The van der Waals surface area contributed by atoms with Gasteiger partial charge in [0.1, 0.15) is 11.9 Å². The number of anilines is 1. The molecule has 0 unspecified atom stereocenters. The van der Waals surface area contributed by atoms with Crippen molar-refractivity contribution < 1.29 is 9.59 Å². The molecule has 1 aromatic heterocycles. The van der Waals surface area contributed by atoms with Crippen LogP contribution in [0.2, 0.25) is 0 Å². The summed E-state index contributed by atoms with van der Waals surface area (Å²) >= 11 is 1.55. The van der Waals surface area contributed by atoms with Crippen molar-refractivity contribution in [3.05, 3.63) is 24.4 Å². The van der Waals surface area contributed by atoms with Gasteiger partial charge in [0, 0.05) is 38.1 Å². The number of carbonyl (C=O) groups excluding carboxylic acids is 2. The summed E-state index contributed by atoms with van der Waals surface area (Å²) < 4.78 is -0.450. The lowest BCUT2D eigenvalue weighted by atomic mass is 10.1. The Morgan fingerprint density at radius 3 is 2.65 bits per heavy atom.